The summed E-state index contributed by atoms with van der Waals surface area (Å²) in [7, 11) is 0. The molecule has 2 aromatic rings. The minimum Gasteiger partial charge on any atom is -0.490 e. The molecule has 4 rings (SSSR count). The van der Waals surface area contributed by atoms with Crippen LogP contribution in [-0.4, -0.2) is 30.1 Å². The third-order valence-electron chi connectivity index (χ3n) is 4.83. The summed E-state index contributed by atoms with van der Waals surface area (Å²) in [4.78, 5) is 18.6. The highest BCUT2D eigenvalue weighted by molar-refractivity contribution is 5.93. The molecule has 0 saturated carbocycles. The molecule has 1 aromatic carbocycles. The van der Waals surface area contributed by atoms with E-state index in [2.05, 4.69) is 16.0 Å². The van der Waals surface area contributed by atoms with Crippen LogP contribution >= 0.6 is 0 Å². The number of hydrogen-bond donors (Lipinski definition) is 0. The highest BCUT2D eigenvalue weighted by Gasteiger charge is 2.27. The molecule has 0 N–H and O–H groups in total. The summed E-state index contributed by atoms with van der Waals surface area (Å²) in [5, 5.41) is 8.99. The van der Waals surface area contributed by atoms with Gasteiger partial charge in [0, 0.05) is 25.9 Å². The molecule has 1 fully saturated rings. The fourth-order valence-electron chi connectivity index (χ4n) is 3.48. The largest absolute Gasteiger partial charge is 0.490 e. The van der Waals surface area contributed by atoms with Crippen LogP contribution in [0, 0.1) is 18.3 Å². The van der Waals surface area contributed by atoms with Crippen molar-refractivity contribution in [3.63, 3.8) is 0 Å². The average molecular weight is 349 g/mol. The predicted molar refractivity (Wildman–Crippen MR) is 95.1 cm³/mol. The zero-order valence-corrected chi connectivity index (χ0v) is 14.6. The Morgan fingerprint density at radius 2 is 2.12 bits per heavy atom. The molecule has 6 nitrogen and oxygen atoms in total. The van der Waals surface area contributed by atoms with Crippen molar-refractivity contribution in [2.75, 3.05) is 18.0 Å². The first-order valence-electron chi connectivity index (χ1n) is 8.73. The van der Waals surface area contributed by atoms with Crippen molar-refractivity contribution >= 4 is 11.8 Å². The number of aromatic nitrogens is 1. The van der Waals surface area contributed by atoms with Gasteiger partial charge >= 0.3 is 5.97 Å². The number of hydrogen-bond acceptors (Lipinski definition) is 6. The first kappa shape index (κ1) is 16.4. The first-order valence-corrected chi connectivity index (χ1v) is 8.73. The number of carbonyl (C=O) groups is 1. The minimum absolute atomic E-state index is 0.125. The number of benzene rings is 1. The van der Waals surface area contributed by atoms with Gasteiger partial charge in [-0.3, -0.25) is 0 Å². The fourth-order valence-corrected chi connectivity index (χ4v) is 3.48. The first-order chi connectivity index (χ1) is 12.6. The average Bonchev–Trinajstić information content (AvgIpc) is 3.02. The van der Waals surface area contributed by atoms with Gasteiger partial charge in [0.2, 0.25) is 0 Å². The molecule has 0 radical (unpaired) electrons. The SMILES string of the molecule is Cc1cc2c(nc1N1CCC(Oc3cccc(C#N)c3)CC1)COC2=O. The Morgan fingerprint density at radius 1 is 1.31 bits per heavy atom. The van der Waals surface area contributed by atoms with Gasteiger partial charge in [0.1, 0.15) is 24.3 Å². The van der Waals surface area contributed by atoms with Crippen molar-refractivity contribution in [3.8, 4) is 11.8 Å². The van der Waals surface area contributed by atoms with Crippen LogP contribution in [0.4, 0.5) is 5.82 Å². The molecule has 2 aliphatic rings. The molecule has 0 spiro atoms. The van der Waals surface area contributed by atoms with Gasteiger partial charge in [0.15, 0.2) is 0 Å². The normalized spacial score (nSPS) is 16.8. The topological polar surface area (TPSA) is 75.5 Å². The lowest BCUT2D eigenvalue weighted by atomic mass is 10.1. The molecule has 1 saturated heterocycles. The third kappa shape index (κ3) is 3.08. The lowest BCUT2D eigenvalue weighted by Crippen LogP contribution is -2.39. The van der Waals surface area contributed by atoms with E-state index in [1.165, 1.54) is 0 Å². The summed E-state index contributed by atoms with van der Waals surface area (Å²) >= 11 is 0. The van der Waals surface area contributed by atoms with Crippen molar-refractivity contribution < 1.29 is 14.3 Å². The van der Waals surface area contributed by atoms with Gasteiger partial charge in [-0.15, -0.1) is 0 Å². The van der Waals surface area contributed by atoms with E-state index in [1.807, 2.05) is 25.1 Å². The van der Waals surface area contributed by atoms with Crippen LogP contribution in [0.25, 0.3) is 0 Å². The van der Waals surface area contributed by atoms with Crippen LogP contribution in [0.1, 0.15) is 40.0 Å². The van der Waals surface area contributed by atoms with Crippen molar-refractivity contribution in [1.29, 1.82) is 5.26 Å². The zero-order chi connectivity index (χ0) is 18.1. The van der Waals surface area contributed by atoms with Gasteiger partial charge in [0.25, 0.3) is 0 Å². The van der Waals surface area contributed by atoms with Gasteiger partial charge in [-0.25, -0.2) is 9.78 Å². The summed E-state index contributed by atoms with van der Waals surface area (Å²) in [6.07, 6.45) is 1.88. The Kier molecular flexibility index (Phi) is 4.21. The molecule has 0 amide bonds. The molecule has 6 heteroatoms. The standard InChI is InChI=1S/C20H19N3O3/c1-13-9-17-18(12-25-20(17)24)22-19(13)23-7-5-15(6-8-23)26-16-4-2-3-14(10-16)11-21/h2-4,9-10,15H,5-8,12H2,1H3. The molecule has 132 valence electrons. The number of nitrogens with zero attached hydrogens (tertiary/aromatic N) is 3. The lowest BCUT2D eigenvalue weighted by Gasteiger charge is -2.33. The van der Waals surface area contributed by atoms with E-state index < -0.39 is 0 Å². The van der Waals surface area contributed by atoms with Crippen molar-refractivity contribution in [1.82, 2.24) is 4.98 Å². The molecule has 0 bridgehead atoms. The van der Waals surface area contributed by atoms with Crippen LogP contribution < -0.4 is 9.64 Å². The Labute approximate surface area is 152 Å². The summed E-state index contributed by atoms with van der Waals surface area (Å²) in [6, 6.07) is 11.3. The second-order valence-electron chi connectivity index (χ2n) is 6.64. The summed E-state index contributed by atoms with van der Waals surface area (Å²) < 4.78 is 11.1. The van der Waals surface area contributed by atoms with Gasteiger partial charge in [-0.1, -0.05) is 6.07 Å². The van der Waals surface area contributed by atoms with Gasteiger partial charge in [0.05, 0.1) is 22.9 Å². The molecular weight excluding hydrogens is 330 g/mol. The van der Waals surface area contributed by atoms with Crippen LogP contribution in [0.5, 0.6) is 5.75 Å². The third-order valence-corrected chi connectivity index (χ3v) is 4.83. The van der Waals surface area contributed by atoms with Gasteiger partial charge in [-0.2, -0.15) is 5.26 Å². The number of anilines is 1. The summed E-state index contributed by atoms with van der Waals surface area (Å²) in [5.41, 5.74) is 2.91. The summed E-state index contributed by atoms with van der Waals surface area (Å²) in [5.74, 6) is 1.38. The Balaban J connectivity index is 1.42. The Morgan fingerprint density at radius 3 is 2.88 bits per heavy atom. The number of esters is 1. The highest BCUT2D eigenvalue weighted by atomic mass is 16.5. The molecule has 2 aliphatic heterocycles. The zero-order valence-electron chi connectivity index (χ0n) is 14.6. The van der Waals surface area contributed by atoms with Gasteiger partial charge in [-0.05, 0) is 36.8 Å². The monoisotopic (exact) mass is 349 g/mol. The minimum atomic E-state index is -0.283. The quantitative estimate of drug-likeness (QED) is 0.793. The molecule has 0 atom stereocenters. The number of cyclic esters (lactones) is 1. The maximum atomic E-state index is 11.7. The van der Waals surface area contributed by atoms with E-state index in [9.17, 15) is 4.79 Å². The lowest BCUT2D eigenvalue weighted by molar-refractivity contribution is 0.0533. The fraction of sp³-hybridized carbons (Fsp3) is 0.350. The molecule has 26 heavy (non-hydrogen) atoms. The number of carbonyl (C=O) groups excluding carboxylic acids is 1. The number of pyridine rings is 1. The number of rotatable bonds is 3. The van der Waals surface area contributed by atoms with E-state index in [1.54, 1.807) is 12.1 Å². The van der Waals surface area contributed by atoms with Crippen LogP contribution in [0.15, 0.2) is 30.3 Å². The van der Waals surface area contributed by atoms with Crippen molar-refractivity contribution in [2.24, 2.45) is 0 Å². The van der Waals surface area contributed by atoms with E-state index >= 15 is 0 Å². The number of aryl methyl sites for hydroxylation is 1. The molecule has 1 aromatic heterocycles. The van der Waals surface area contributed by atoms with E-state index in [-0.39, 0.29) is 18.7 Å². The molecular formula is C20H19N3O3. The van der Waals surface area contributed by atoms with Crippen molar-refractivity contribution in [3.05, 3.63) is 52.7 Å². The van der Waals surface area contributed by atoms with Crippen LogP contribution in [0.3, 0.4) is 0 Å². The predicted octanol–water partition coefficient (Wildman–Crippen LogP) is 2.98. The van der Waals surface area contributed by atoms with E-state index in [0.717, 1.165) is 48.8 Å². The van der Waals surface area contributed by atoms with Crippen molar-refractivity contribution in [2.45, 2.75) is 32.5 Å². The second-order valence-corrected chi connectivity index (χ2v) is 6.64. The highest BCUT2D eigenvalue weighted by Crippen LogP contribution is 2.28. The maximum Gasteiger partial charge on any atom is 0.340 e. The number of nitriles is 1. The number of ether oxygens (including phenoxy) is 2. The van der Waals surface area contributed by atoms with E-state index in [0.29, 0.717) is 11.1 Å². The molecule has 0 unspecified atom stereocenters. The van der Waals surface area contributed by atoms with E-state index in [4.69, 9.17) is 14.7 Å². The summed E-state index contributed by atoms with van der Waals surface area (Å²) in [6.45, 7) is 3.91. The van der Waals surface area contributed by atoms with Crippen LogP contribution in [-0.2, 0) is 11.3 Å². The van der Waals surface area contributed by atoms with Crippen LogP contribution in [0.2, 0.25) is 0 Å². The maximum absolute atomic E-state index is 11.7. The number of piperidine rings is 1. The number of fused-ring (bicyclic) bond motifs is 1. The molecule has 0 aliphatic carbocycles. The smallest absolute Gasteiger partial charge is 0.340 e. The van der Waals surface area contributed by atoms with Gasteiger partial charge < -0.3 is 14.4 Å². The Hall–Kier alpha value is -3.07. The second kappa shape index (κ2) is 6.68. The Bertz CT molecular complexity index is 896. The molecule has 3 heterocycles.